The molecule has 0 saturated heterocycles. The van der Waals surface area contributed by atoms with E-state index in [0.717, 1.165) is 11.1 Å². The normalized spacial score (nSPS) is 10.5. The molecule has 0 amide bonds. The van der Waals surface area contributed by atoms with Gasteiger partial charge in [0.15, 0.2) is 0 Å². The molecule has 94 valence electrons. The molecule has 1 heterocycles. The van der Waals surface area contributed by atoms with Gasteiger partial charge >= 0.3 is 5.97 Å². The van der Waals surface area contributed by atoms with Gasteiger partial charge in [0, 0.05) is 6.20 Å². The fourth-order valence-electron chi connectivity index (χ4n) is 1.59. The Bertz CT molecular complexity index is 534. The minimum atomic E-state index is -0.922. The first kappa shape index (κ1) is 12.3. The summed E-state index contributed by atoms with van der Waals surface area (Å²) in [5, 5.41) is 25.2. The van der Waals surface area contributed by atoms with Gasteiger partial charge in [-0.15, -0.1) is 5.10 Å². The largest absolute Gasteiger partial charge is 0.481 e. The van der Waals surface area contributed by atoms with Crippen LogP contribution < -0.4 is 0 Å². The summed E-state index contributed by atoms with van der Waals surface area (Å²) < 4.78 is 1.59. The first-order chi connectivity index (χ1) is 8.67. The summed E-state index contributed by atoms with van der Waals surface area (Å²) >= 11 is 0. The molecule has 18 heavy (non-hydrogen) atoms. The fourth-order valence-corrected chi connectivity index (χ4v) is 1.59. The third-order valence-corrected chi connectivity index (χ3v) is 2.47. The van der Waals surface area contributed by atoms with Crippen LogP contribution in [0.25, 0.3) is 0 Å². The maximum atomic E-state index is 10.5. The lowest BCUT2D eigenvalue weighted by Gasteiger charge is -2.01. The zero-order valence-corrected chi connectivity index (χ0v) is 9.65. The fraction of sp³-hybridized carbons (Fsp3) is 0.250. The van der Waals surface area contributed by atoms with Crippen LogP contribution in [0.3, 0.4) is 0 Å². The Balaban J connectivity index is 2.03. The van der Waals surface area contributed by atoms with Gasteiger partial charge in [-0.1, -0.05) is 29.5 Å². The number of carboxylic acid groups (broad SMARTS) is 1. The third kappa shape index (κ3) is 3.14. The number of carbonyl (C=O) groups is 1. The van der Waals surface area contributed by atoms with Crippen LogP contribution in [0.5, 0.6) is 0 Å². The predicted octanol–water partition coefficient (Wildman–Crippen LogP) is 0.446. The van der Waals surface area contributed by atoms with E-state index in [1.165, 1.54) is 0 Å². The van der Waals surface area contributed by atoms with Crippen LogP contribution in [0.2, 0.25) is 0 Å². The number of benzene rings is 1. The number of aromatic nitrogens is 3. The van der Waals surface area contributed by atoms with Crippen molar-refractivity contribution in [3.05, 3.63) is 47.3 Å². The highest BCUT2D eigenvalue weighted by Crippen LogP contribution is 2.06. The summed E-state index contributed by atoms with van der Waals surface area (Å²) in [6, 6.07) is 7.46. The molecule has 2 aromatic rings. The number of aliphatic hydroxyl groups is 1. The SMILES string of the molecule is O=C(O)Cc1cn(Cc2ccc(CO)cc2)nn1. The molecule has 0 saturated carbocycles. The van der Waals surface area contributed by atoms with E-state index in [0.29, 0.717) is 12.2 Å². The molecular formula is C12H13N3O3. The van der Waals surface area contributed by atoms with Crippen molar-refractivity contribution in [2.45, 2.75) is 19.6 Å². The van der Waals surface area contributed by atoms with Gasteiger partial charge in [-0.25, -0.2) is 4.68 Å². The second kappa shape index (κ2) is 5.42. The smallest absolute Gasteiger partial charge is 0.309 e. The highest BCUT2D eigenvalue weighted by atomic mass is 16.4. The Morgan fingerprint density at radius 2 is 1.89 bits per heavy atom. The third-order valence-electron chi connectivity index (χ3n) is 2.47. The molecule has 0 atom stereocenters. The molecule has 0 aliphatic rings. The number of hydrogen-bond acceptors (Lipinski definition) is 4. The van der Waals surface area contributed by atoms with Crippen LogP contribution in [0, 0.1) is 0 Å². The number of nitrogens with zero attached hydrogens (tertiary/aromatic N) is 3. The molecule has 0 aliphatic heterocycles. The average Bonchev–Trinajstić information content (AvgIpc) is 2.76. The molecule has 2 rings (SSSR count). The maximum absolute atomic E-state index is 10.5. The standard InChI is InChI=1S/C12H13N3O3/c16-8-10-3-1-9(2-4-10)6-15-7-11(13-14-15)5-12(17)18/h1-4,7,16H,5-6,8H2,(H,17,18). The number of carboxylic acids is 1. The summed E-state index contributed by atoms with van der Waals surface area (Å²) in [5.41, 5.74) is 2.30. The van der Waals surface area contributed by atoms with Crippen LogP contribution in [0.1, 0.15) is 16.8 Å². The van der Waals surface area contributed by atoms with E-state index in [2.05, 4.69) is 10.3 Å². The molecule has 6 nitrogen and oxygen atoms in total. The predicted molar refractivity (Wildman–Crippen MR) is 62.8 cm³/mol. The van der Waals surface area contributed by atoms with Gasteiger partial charge < -0.3 is 10.2 Å². The summed E-state index contributed by atoms with van der Waals surface area (Å²) in [6.45, 7) is 0.546. The molecule has 0 bridgehead atoms. The lowest BCUT2D eigenvalue weighted by Crippen LogP contribution is -2.01. The quantitative estimate of drug-likeness (QED) is 0.800. The van der Waals surface area contributed by atoms with Gasteiger partial charge in [0.2, 0.25) is 0 Å². The summed E-state index contributed by atoms with van der Waals surface area (Å²) in [6.07, 6.45) is 1.50. The minimum Gasteiger partial charge on any atom is -0.481 e. The van der Waals surface area contributed by atoms with Crippen molar-refractivity contribution >= 4 is 5.97 Å². The first-order valence-corrected chi connectivity index (χ1v) is 5.47. The lowest BCUT2D eigenvalue weighted by atomic mass is 10.1. The molecular weight excluding hydrogens is 234 g/mol. The summed E-state index contributed by atoms with van der Waals surface area (Å²) in [5.74, 6) is -0.922. The van der Waals surface area contributed by atoms with Crippen molar-refractivity contribution in [2.75, 3.05) is 0 Å². The van der Waals surface area contributed by atoms with Crippen LogP contribution in [0.15, 0.2) is 30.5 Å². The van der Waals surface area contributed by atoms with Crippen molar-refractivity contribution in [3.8, 4) is 0 Å². The minimum absolute atomic E-state index is 0.0202. The molecule has 0 aliphatic carbocycles. The zero-order valence-electron chi connectivity index (χ0n) is 9.65. The zero-order chi connectivity index (χ0) is 13.0. The van der Waals surface area contributed by atoms with Gasteiger partial charge in [-0.05, 0) is 11.1 Å². The molecule has 1 aromatic heterocycles. The van der Waals surface area contributed by atoms with Gasteiger partial charge in [0.1, 0.15) is 0 Å². The van der Waals surface area contributed by atoms with E-state index in [4.69, 9.17) is 10.2 Å². The lowest BCUT2D eigenvalue weighted by molar-refractivity contribution is -0.136. The molecule has 6 heteroatoms. The first-order valence-electron chi connectivity index (χ1n) is 5.47. The van der Waals surface area contributed by atoms with Gasteiger partial charge in [-0.3, -0.25) is 4.79 Å². The maximum Gasteiger partial charge on any atom is 0.309 e. The molecule has 0 radical (unpaired) electrons. The van der Waals surface area contributed by atoms with Crippen molar-refractivity contribution in [3.63, 3.8) is 0 Å². The Morgan fingerprint density at radius 1 is 1.22 bits per heavy atom. The molecule has 0 unspecified atom stereocenters. The van der Waals surface area contributed by atoms with Crippen molar-refractivity contribution in [1.82, 2.24) is 15.0 Å². The van der Waals surface area contributed by atoms with E-state index in [1.54, 1.807) is 10.9 Å². The molecule has 0 fully saturated rings. The second-order valence-electron chi connectivity index (χ2n) is 3.95. The number of hydrogen-bond donors (Lipinski definition) is 2. The molecule has 1 aromatic carbocycles. The van der Waals surface area contributed by atoms with Crippen LogP contribution in [-0.2, 0) is 24.4 Å². The van der Waals surface area contributed by atoms with Crippen molar-refractivity contribution in [1.29, 1.82) is 0 Å². The Morgan fingerprint density at radius 3 is 2.50 bits per heavy atom. The Labute approximate surface area is 103 Å². The van der Waals surface area contributed by atoms with Crippen LogP contribution in [0.4, 0.5) is 0 Å². The van der Waals surface area contributed by atoms with E-state index in [9.17, 15) is 4.79 Å². The van der Waals surface area contributed by atoms with E-state index in [1.807, 2.05) is 24.3 Å². The van der Waals surface area contributed by atoms with Crippen LogP contribution in [-0.4, -0.2) is 31.2 Å². The Kier molecular flexibility index (Phi) is 3.69. The summed E-state index contributed by atoms with van der Waals surface area (Å²) in [7, 11) is 0. The van der Waals surface area contributed by atoms with E-state index in [-0.39, 0.29) is 13.0 Å². The average molecular weight is 247 g/mol. The van der Waals surface area contributed by atoms with Gasteiger partial charge in [0.05, 0.1) is 25.3 Å². The highest BCUT2D eigenvalue weighted by Gasteiger charge is 2.05. The Hall–Kier alpha value is -2.21. The molecule has 2 N–H and O–H groups in total. The number of aliphatic hydroxyl groups excluding tert-OH is 1. The highest BCUT2D eigenvalue weighted by molar-refractivity contribution is 5.69. The number of rotatable bonds is 5. The van der Waals surface area contributed by atoms with E-state index < -0.39 is 5.97 Å². The second-order valence-corrected chi connectivity index (χ2v) is 3.95. The topological polar surface area (TPSA) is 88.2 Å². The van der Waals surface area contributed by atoms with Gasteiger partial charge in [0.25, 0.3) is 0 Å². The summed E-state index contributed by atoms with van der Waals surface area (Å²) in [4.78, 5) is 10.5. The van der Waals surface area contributed by atoms with Crippen molar-refractivity contribution < 1.29 is 15.0 Å². The van der Waals surface area contributed by atoms with Crippen LogP contribution >= 0.6 is 0 Å². The number of aliphatic carboxylic acids is 1. The van der Waals surface area contributed by atoms with E-state index >= 15 is 0 Å². The molecule has 0 spiro atoms. The van der Waals surface area contributed by atoms with Crippen molar-refractivity contribution in [2.24, 2.45) is 0 Å². The monoisotopic (exact) mass is 247 g/mol. The van der Waals surface area contributed by atoms with Gasteiger partial charge in [-0.2, -0.15) is 0 Å².